The van der Waals surface area contributed by atoms with Gasteiger partial charge >= 0.3 is 4.88 Å². The van der Waals surface area contributed by atoms with Gasteiger partial charge in [0.15, 0.2) is 0 Å². The summed E-state index contributed by atoms with van der Waals surface area (Å²) >= 11 is 2.61. The van der Waals surface area contributed by atoms with E-state index in [-0.39, 0.29) is 6.10 Å². The average Bonchev–Trinajstić information content (AvgIpc) is 1.27. The molecule has 0 aliphatic carbocycles. The Morgan fingerprint density at radius 1 is 1.71 bits per heavy atom. The molecule has 0 aliphatic heterocycles. The van der Waals surface area contributed by atoms with Gasteiger partial charge in [-0.25, -0.2) is 4.79 Å². The van der Waals surface area contributed by atoms with Gasteiger partial charge in [-0.05, 0) is 13.8 Å². The smallest absolute Gasteiger partial charge is 0.374 e. The van der Waals surface area contributed by atoms with E-state index in [1.54, 1.807) is 13.8 Å². The Kier molecular flexibility index (Phi) is 3.00. The van der Waals surface area contributed by atoms with E-state index in [2.05, 4.69) is 20.7 Å². The maximum atomic E-state index is 9.95. The van der Waals surface area contributed by atoms with Crippen molar-refractivity contribution < 1.29 is 9.53 Å². The fourth-order valence-corrected chi connectivity index (χ4v) is 0.559. The van der Waals surface area contributed by atoms with Crippen LogP contribution in [-0.4, -0.2) is 11.0 Å². The molecule has 0 aromatic heterocycles. The minimum absolute atomic E-state index is 0.0214. The lowest BCUT2D eigenvalue weighted by atomic mass is 10.5. The summed E-state index contributed by atoms with van der Waals surface area (Å²) in [6, 6.07) is 0. The molecule has 0 heterocycles. The minimum Gasteiger partial charge on any atom is -0.455 e. The Bertz CT molecular complexity index is 70.1. The van der Waals surface area contributed by atoms with Crippen LogP contribution in [-0.2, 0) is 4.74 Å². The van der Waals surface area contributed by atoms with Crippen molar-refractivity contribution in [1.29, 1.82) is 0 Å². The van der Waals surface area contributed by atoms with Crippen LogP contribution >= 0.6 is 15.9 Å². The normalized spacial score (nSPS) is 9.14. The number of hydrogen-bond donors (Lipinski definition) is 0. The first-order valence-corrected chi connectivity index (χ1v) is 2.78. The molecule has 0 spiro atoms. The first kappa shape index (κ1) is 6.95. The van der Waals surface area contributed by atoms with Crippen molar-refractivity contribution in [3.8, 4) is 0 Å². The maximum Gasteiger partial charge on any atom is 0.374 e. The number of hydrogen-bond acceptors (Lipinski definition) is 2. The van der Waals surface area contributed by atoms with Gasteiger partial charge in [-0.2, -0.15) is 0 Å². The quantitative estimate of drug-likeness (QED) is 0.557. The number of carbonyl (C=O) groups is 1. The molecule has 0 fully saturated rings. The highest BCUT2D eigenvalue weighted by Gasteiger charge is 1.95. The molecular weight excluding hydrogens is 160 g/mol. The van der Waals surface area contributed by atoms with Gasteiger partial charge in [0.2, 0.25) is 0 Å². The summed E-state index contributed by atoms with van der Waals surface area (Å²) in [5.41, 5.74) is 0. The number of ether oxygens (including phenoxy) is 1. The van der Waals surface area contributed by atoms with Crippen LogP contribution in [0.15, 0.2) is 0 Å². The van der Waals surface area contributed by atoms with E-state index in [1.165, 1.54) is 0 Å². The highest BCUT2D eigenvalue weighted by molar-refractivity contribution is 9.18. The third-order valence-corrected chi connectivity index (χ3v) is 0.515. The maximum absolute atomic E-state index is 9.95. The fraction of sp³-hybridized carbons (Fsp3) is 0.750. The van der Waals surface area contributed by atoms with Gasteiger partial charge in [-0.3, -0.25) is 0 Å². The van der Waals surface area contributed by atoms with Gasteiger partial charge < -0.3 is 4.74 Å². The molecule has 3 heteroatoms. The predicted molar refractivity (Wildman–Crippen MR) is 30.5 cm³/mol. The van der Waals surface area contributed by atoms with Crippen LogP contribution in [0.3, 0.4) is 0 Å². The minimum atomic E-state index is -0.400. The summed E-state index contributed by atoms with van der Waals surface area (Å²) in [5.74, 6) is 0. The Morgan fingerprint density at radius 2 is 2.14 bits per heavy atom. The Morgan fingerprint density at radius 3 is 2.14 bits per heavy atom. The number of carbonyl (C=O) groups excluding carboxylic acids is 1. The topological polar surface area (TPSA) is 26.3 Å². The van der Waals surface area contributed by atoms with Gasteiger partial charge in [0.05, 0.1) is 6.10 Å². The first-order valence-electron chi connectivity index (χ1n) is 1.99. The first-order chi connectivity index (χ1) is 3.13. The van der Waals surface area contributed by atoms with Crippen LogP contribution in [0.5, 0.6) is 0 Å². The molecule has 2 nitrogen and oxygen atoms in total. The molecule has 0 unspecified atom stereocenters. The van der Waals surface area contributed by atoms with Crippen LogP contribution in [0.2, 0.25) is 0 Å². The summed E-state index contributed by atoms with van der Waals surface area (Å²) < 4.78 is 4.53. The highest BCUT2D eigenvalue weighted by atomic mass is 79.9. The average molecular weight is 167 g/mol. The van der Waals surface area contributed by atoms with E-state index in [0.29, 0.717) is 0 Å². The largest absolute Gasteiger partial charge is 0.455 e. The molecule has 0 saturated carbocycles. The zero-order chi connectivity index (χ0) is 5.86. The number of rotatable bonds is 1. The molecule has 0 rings (SSSR count). The summed E-state index contributed by atoms with van der Waals surface area (Å²) in [7, 11) is 0. The summed E-state index contributed by atoms with van der Waals surface area (Å²) in [5, 5.41) is 0. The highest BCUT2D eigenvalue weighted by Crippen LogP contribution is 1.94. The predicted octanol–water partition coefficient (Wildman–Crippen LogP) is 1.93. The molecule has 0 N–H and O–H groups in total. The summed E-state index contributed by atoms with van der Waals surface area (Å²) in [6.07, 6.45) is -0.0214. The zero-order valence-corrected chi connectivity index (χ0v) is 5.86. The Hall–Kier alpha value is -0.0500. The third kappa shape index (κ3) is 5.95. The van der Waals surface area contributed by atoms with E-state index >= 15 is 0 Å². The molecule has 0 radical (unpaired) electrons. The molecule has 42 valence electrons. The van der Waals surface area contributed by atoms with E-state index < -0.39 is 4.88 Å². The van der Waals surface area contributed by atoms with E-state index in [9.17, 15) is 4.79 Å². The van der Waals surface area contributed by atoms with Crippen molar-refractivity contribution in [2.45, 2.75) is 20.0 Å². The molecular formula is C4H7BrO2. The van der Waals surface area contributed by atoms with Crippen molar-refractivity contribution in [2.24, 2.45) is 0 Å². The van der Waals surface area contributed by atoms with Crippen molar-refractivity contribution in [2.75, 3.05) is 0 Å². The molecule has 0 amide bonds. The Labute approximate surface area is 51.0 Å². The third-order valence-electron chi connectivity index (χ3n) is 0.328. The lowest BCUT2D eigenvalue weighted by Gasteiger charge is -2.00. The monoisotopic (exact) mass is 166 g/mol. The second-order valence-corrected chi connectivity index (χ2v) is 2.05. The molecule has 0 saturated heterocycles. The van der Waals surface area contributed by atoms with Crippen LogP contribution in [0, 0.1) is 0 Å². The Balaban J connectivity index is 3.13. The van der Waals surface area contributed by atoms with Gasteiger partial charge in [0.25, 0.3) is 0 Å². The molecule has 0 aliphatic rings. The SMILES string of the molecule is CC(C)OC(=O)Br. The van der Waals surface area contributed by atoms with Gasteiger partial charge in [0, 0.05) is 15.9 Å². The molecule has 7 heavy (non-hydrogen) atoms. The van der Waals surface area contributed by atoms with Crippen LogP contribution in [0.25, 0.3) is 0 Å². The molecule has 0 aromatic carbocycles. The summed E-state index contributed by atoms with van der Waals surface area (Å²) in [6.45, 7) is 3.58. The standard InChI is InChI=1S/C4H7BrO2/c1-3(2)7-4(5)6/h3H,1-2H3. The molecule has 0 aromatic rings. The molecule has 0 atom stereocenters. The lowest BCUT2D eigenvalue weighted by Crippen LogP contribution is -2.02. The fourth-order valence-electron chi connectivity index (χ4n) is 0.185. The van der Waals surface area contributed by atoms with Gasteiger partial charge in [0.1, 0.15) is 0 Å². The van der Waals surface area contributed by atoms with E-state index in [0.717, 1.165) is 0 Å². The van der Waals surface area contributed by atoms with Crippen LogP contribution < -0.4 is 0 Å². The van der Waals surface area contributed by atoms with E-state index in [1.807, 2.05) is 0 Å². The second-order valence-electron chi connectivity index (χ2n) is 1.40. The van der Waals surface area contributed by atoms with Crippen LogP contribution in [0.4, 0.5) is 4.79 Å². The summed E-state index contributed by atoms with van der Waals surface area (Å²) in [4.78, 5) is 9.55. The van der Waals surface area contributed by atoms with Crippen molar-refractivity contribution in [3.63, 3.8) is 0 Å². The van der Waals surface area contributed by atoms with Crippen molar-refractivity contribution in [1.82, 2.24) is 0 Å². The van der Waals surface area contributed by atoms with Crippen molar-refractivity contribution >= 4 is 20.8 Å². The zero-order valence-electron chi connectivity index (χ0n) is 4.27. The van der Waals surface area contributed by atoms with Crippen molar-refractivity contribution in [3.05, 3.63) is 0 Å². The lowest BCUT2D eigenvalue weighted by molar-refractivity contribution is 0.144. The van der Waals surface area contributed by atoms with Gasteiger partial charge in [-0.1, -0.05) is 0 Å². The van der Waals surface area contributed by atoms with E-state index in [4.69, 9.17) is 0 Å². The number of halogens is 1. The molecule has 0 bridgehead atoms. The second kappa shape index (κ2) is 3.02. The van der Waals surface area contributed by atoms with Crippen LogP contribution in [0.1, 0.15) is 13.8 Å². The van der Waals surface area contributed by atoms with Gasteiger partial charge in [-0.15, -0.1) is 0 Å².